The molecule has 0 atom stereocenters. The largest absolute Gasteiger partial charge is 0.507 e. The predicted molar refractivity (Wildman–Crippen MR) is 73.8 cm³/mol. The van der Waals surface area contributed by atoms with Crippen molar-refractivity contribution in [2.24, 2.45) is 0 Å². The molecule has 0 saturated heterocycles. The molecule has 2 aromatic carbocycles. The monoisotopic (exact) mass is 284 g/mol. The van der Waals surface area contributed by atoms with Crippen molar-refractivity contribution in [3.05, 3.63) is 58.1 Å². The number of rotatable bonds is 2. The van der Waals surface area contributed by atoms with Crippen LogP contribution >= 0.6 is 0 Å². The van der Waals surface area contributed by atoms with Gasteiger partial charge in [-0.1, -0.05) is 12.1 Å². The molecule has 1 aliphatic rings. The molecule has 21 heavy (non-hydrogen) atoms. The van der Waals surface area contributed by atoms with Crippen LogP contribution in [0.4, 0.5) is 0 Å². The maximum Gasteiger partial charge on any atom is 0.201 e. The Balaban J connectivity index is 2.28. The van der Waals surface area contributed by atoms with Gasteiger partial charge in [0.15, 0.2) is 5.78 Å². The maximum absolute atomic E-state index is 12.5. The lowest BCUT2D eigenvalue weighted by Gasteiger charge is -2.20. The number of phenolic OH excluding ortho intramolecular Hbond substituents is 2. The number of hydrogen-bond donors (Lipinski definition) is 2. The van der Waals surface area contributed by atoms with Gasteiger partial charge in [-0.2, -0.15) is 0 Å². The molecule has 5 heteroatoms. The van der Waals surface area contributed by atoms with Gasteiger partial charge in [-0.3, -0.25) is 9.59 Å². The van der Waals surface area contributed by atoms with E-state index in [0.29, 0.717) is 5.56 Å². The Labute approximate surface area is 120 Å². The molecule has 0 bridgehead atoms. The average Bonchev–Trinajstić information content (AvgIpc) is 2.44. The molecule has 2 aromatic rings. The van der Waals surface area contributed by atoms with Crippen LogP contribution in [0.1, 0.15) is 37.4 Å². The van der Waals surface area contributed by atoms with E-state index in [-0.39, 0.29) is 40.4 Å². The highest BCUT2D eigenvalue weighted by atomic mass is 16.5. The predicted octanol–water partition coefficient (Wildman–Crippen LogP) is 2.02. The third kappa shape index (κ3) is 1.90. The summed E-state index contributed by atoms with van der Waals surface area (Å²) in [5.41, 5.74) is 0.726. The van der Waals surface area contributed by atoms with E-state index in [9.17, 15) is 19.8 Å². The van der Waals surface area contributed by atoms with Gasteiger partial charge in [0.25, 0.3) is 0 Å². The average molecular weight is 284 g/mol. The van der Waals surface area contributed by atoms with Crippen molar-refractivity contribution in [3.63, 3.8) is 0 Å². The summed E-state index contributed by atoms with van der Waals surface area (Å²) in [5.74, 6) is -1.51. The van der Waals surface area contributed by atoms with Gasteiger partial charge in [-0.25, -0.2) is 0 Å². The van der Waals surface area contributed by atoms with Crippen LogP contribution in [0.3, 0.4) is 0 Å². The summed E-state index contributed by atoms with van der Waals surface area (Å²) < 4.78 is 4.98. The summed E-state index contributed by atoms with van der Waals surface area (Å²) in [6, 6.07) is 7.25. The van der Waals surface area contributed by atoms with Gasteiger partial charge in [-0.15, -0.1) is 0 Å². The summed E-state index contributed by atoms with van der Waals surface area (Å²) >= 11 is 0. The molecule has 5 nitrogen and oxygen atoms in total. The second-order valence-electron chi connectivity index (χ2n) is 4.83. The molecule has 0 aliphatic heterocycles. The Morgan fingerprint density at radius 2 is 1.67 bits per heavy atom. The second-order valence-corrected chi connectivity index (χ2v) is 4.83. The number of fused-ring (bicyclic) bond motifs is 2. The van der Waals surface area contributed by atoms with Crippen molar-refractivity contribution in [2.75, 3.05) is 7.11 Å². The van der Waals surface area contributed by atoms with Gasteiger partial charge in [-0.05, 0) is 23.8 Å². The van der Waals surface area contributed by atoms with Gasteiger partial charge in [0.1, 0.15) is 11.5 Å². The lowest BCUT2D eigenvalue weighted by molar-refractivity contribution is 0.0973. The van der Waals surface area contributed by atoms with Crippen LogP contribution in [0.5, 0.6) is 11.5 Å². The van der Waals surface area contributed by atoms with Crippen molar-refractivity contribution < 1.29 is 24.5 Å². The first kappa shape index (κ1) is 13.3. The number of ether oxygens (including phenoxy) is 1. The normalized spacial score (nSPS) is 13.0. The van der Waals surface area contributed by atoms with E-state index in [1.165, 1.54) is 37.4 Å². The lowest BCUT2D eigenvalue weighted by atomic mass is 9.82. The number of aromatic hydroxyl groups is 2. The Kier molecular flexibility index (Phi) is 2.99. The topological polar surface area (TPSA) is 83.8 Å². The smallest absolute Gasteiger partial charge is 0.201 e. The van der Waals surface area contributed by atoms with Gasteiger partial charge >= 0.3 is 0 Å². The van der Waals surface area contributed by atoms with Crippen LogP contribution in [-0.2, 0) is 11.3 Å². The van der Waals surface area contributed by atoms with Gasteiger partial charge in [0, 0.05) is 18.2 Å². The van der Waals surface area contributed by atoms with E-state index < -0.39 is 11.6 Å². The summed E-state index contributed by atoms with van der Waals surface area (Å²) in [6.45, 7) is 0.217. The zero-order valence-electron chi connectivity index (χ0n) is 11.2. The zero-order valence-corrected chi connectivity index (χ0v) is 11.2. The maximum atomic E-state index is 12.5. The van der Waals surface area contributed by atoms with Crippen molar-refractivity contribution in [2.45, 2.75) is 6.61 Å². The number of carbonyl (C=O) groups excluding carboxylic acids is 2. The minimum Gasteiger partial charge on any atom is -0.507 e. The molecule has 0 radical (unpaired) electrons. The van der Waals surface area contributed by atoms with Crippen molar-refractivity contribution in [1.29, 1.82) is 0 Å². The summed E-state index contributed by atoms with van der Waals surface area (Å²) in [7, 11) is 1.50. The SMILES string of the molecule is COCc1cc(O)c2c(c1)C(=O)c1cccc(O)c1C2=O. The summed E-state index contributed by atoms with van der Waals surface area (Å²) in [6.07, 6.45) is 0. The molecule has 0 fully saturated rings. The fourth-order valence-electron chi connectivity index (χ4n) is 2.59. The molecule has 1 aliphatic carbocycles. The fraction of sp³-hybridized carbons (Fsp3) is 0.125. The lowest BCUT2D eigenvalue weighted by Crippen LogP contribution is -2.21. The van der Waals surface area contributed by atoms with Crippen LogP contribution in [0.2, 0.25) is 0 Å². The summed E-state index contributed by atoms with van der Waals surface area (Å²) in [4.78, 5) is 25.0. The first-order chi connectivity index (χ1) is 10.0. The Morgan fingerprint density at radius 3 is 2.38 bits per heavy atom. The van der Waals surface area contributed by atoms with Gasteiger partial charge in [0.2, 0.25) is 5.78 Å². The molecule has 0 heterocycles. The highest BCUT2D eigenvalue weighted by Gasteiger charge is 2.34. The number of hydrogen-bond acceptors (Lipinski definition) is 5. The van der Waals surface area contributed by atoms with E-state index in [0.717, 1.165) is 0 Å². The molecule has 0 saturated carbocycles. The van der Waals surface area contributed by atoms with E-state index >= 15 is 0 Å². The Hall–Kier alpha value is -2.66. The van der Waals surface area contributed by atoms with Gasteiger partial charge in [0.05, 0.1) is 17.7 Å². The minimum atomic E-state index is -0.556. The molecule has 0 amide bonds. The molecule has 3 rings (SSSR count). The molecule has 106 valence electrons. The first-order valence-corrected chi connectivity index (χ1v) is 6.30. The highest BCUT2D eigenvalue weighted by molar-refractivity contribution is 6.30. The molecule has 2 N–H and O–H groups in total. The third-order valence-electron chi connectivity index (χ3n) is 3.47. The Bertz CT molecular complexity index is 776. The number of carbonyl (C=O) groups is 2. The number of methoxy groups -OCH3 is 1. The van der Waals surface area contributed by atoms with Crippen molar-refractivity contribution in [1.82, 2.24) is 0 Å². The standard InChI is InChI=1S/C16H12O5/c1-21-7-8-5-10-14(12(18)6-8)16(20)13-9(15(10)19)3-2-4-11(13)17/h2-6,17-18H,7H2,1H3. The Morgan fingerprint density at radius 1 is 0.952 bits per heavy atom. The molecule has 0 aromatic heterocycles. The molecule has 0 spiro atoms. The minimum absolute atomic E-state index is 0.0650. The third-order valence-corrected chi connectivity index (χ3v) is 3.47. The van der Waals surface area contributed by atoms with E-state index in [4.69, 9.17) is 4.74 Å². The quantitative estimate of drug-likeness (QED) is 0.752. The van der Waals surface area contributed by atoms with Crippen LogP contribution in [0, 0.1) is 0 Å². The van der Waals surface area contributed by atoms with Crippen LogP contribution < -0.4 is 0 Å². The summed E-state index contributed by atoms with van der Waals surface area (Å²) in [5, 5.41) is 19.9. The van der Waals surface area contributed by atoms with Crippen LogP contribution in [0.25, 0.3) is 0 Å². The second kappa shape index (κ2) is 4.71. The highest BCUT2D eigenvalue weighted by Crippen LogP contribution is 2.37. The van der Waals surface area contributed by atoms with Gasteiger partial charge < -0.3 is 14.9 Å². The van der Waals surface area contributed by atoms with Crippen molar-refractivity contribution >= 4 is 11.6 Å². The van der Waals surface area contributed by atoms with E-state index in [2.05, 4.69) is 0 Å². The molecular weight excluding hydrogens is 272 g/mol. The first-order valence-electron chi connectivity index (χ1n) is 6.30. The molecular formula is C16H12O5. The fourth-order valence-corrected chi connectivity index (χ4v) is 2.59. The van der Waals surface area contributed by atoms with E-state index in [1.54, 1.807) is 0 Å². The number of benzene rings is 2. The zero-order chi connectivity index (χ0) is 15.1. The van der Waals surface area contributed by atoms with Crippen molar-refractivity contribution in [3.8, 4) is 11.5 Å². The number of ketones is 2. The van der Waals surface area contributed by atoms with Crippen LogP contribution in [0.15, 0.2) is 30.3 Å². The van der Waals surface area contributed by atoms with Crippen LogP contribution in [-0.4, -0.2) is 28.9 Å². The molecule has 0 unspecified atom stereocenters. The number of phenols is 2. The van der Waals surface area contributed by atoms with E-state index in [1.807, 2.05) is 0 Å².